The third kappa shape index (κ3) is 3.43. The molecule has 1 amide bonds. The quantitative estimate of drug-likeness (QED) is 0.323. The normalized spacial score (nSPS) is 16.0. The number of halogens is 16. The van der Waals surface area contributed by atoms with Crippen molar-refractivity contribution in [1.29, 1.82) is 0 Å². The summed E-state index contributed by atoms with van der Waals surface area (Å²) in [5.41, 5.74) is 3.54. The first kappa shape index (κ1) is 28.7. The third-order valence-electron chi connectivity index (χ3n) is 3.56. The van der Waals surface area contributed by atoms with Gasteiger partial charge in [0.1, 0.15) is 0 Å². The van der Waals surface area contributed by atoms with Crippen molar-refractivity contribution in [2.24, 2.45) is 5.73 Å². The van der Waals surface area contributed by atoms with E-state index in [1.807, 2.05) is 0 Å². The number of carbonyl (C=O) groups excluding carboxylic acids is 1. The Bertz CT molecular complexity index is 660. The molecular weight excluding hydrogens is 498 g/mol. The first-order chi connectivity index (χ1) is 12.8. The minimum Gasteiger partial charge on any atom is -0.364 e. The zero-order valence-corrected chi connectivity index (χ0v) is 14.3. The van der Waals surface area contributed by atoms with Crippen LogP contribution in [0.4, 0.5) is 70.2 Å². The average molecular weight is 505 g/mol. The molecule has 0 saturated heterocycles. The van der Waals surface area contributed by atoms with E-state index in [9.17, 15) is 75.0 Å². The number of alkyl halides is 16. The van der Waals surface area contributed by atoms with Gasteiger partial charge in [0.2, 0.25) is 0 Å². The Morgan fingerprint density at radius 1 is 0.567 bits per heavy atom. The van der Waals surface area contributed by atoms with Crippen LogP contribution < -0.4 is 5.73 Å². The van der Waals surface area contributed by atoms with Gasteiger partial charge in [0, 0.05) is 6.42 Å². The molecule has 2 N–H and O–H groups in total. The lowest BCUT2D eigenvalue weighted by molar-refractivity contribution is -0.450. The summed E-state index contributed by atoms with van der Waals surface area (Å²) < 4.78 is 211. The number of hydrogen-bond acceptors (Lipinski definition) is 2. The van der Waals surface area contributed by atoms with E-state index in [-0.39, 0.29) is 0 Å². The highest BCUT2D eigenvalue weighted by Gasteiger charge is 2.95. The van der Waals surface area contributed by atoms with Gasteiger partial charge in [-0.15, -0.1) is 0 Å². The Morgan fingerprint density at radius 3 is 1.10 bits per heavy atom. The van der Waals surface area contributed by atoms with Gasteiger partial charge in [-0.3, -0.25) is 4.79 Å². The van der Waals surface area contributed by atoms with Crippen LogP contribution >= 0.6 is 12.6 Å². The van der Waals surface area contributed by atoms with Crippen LogP contribution in [-0.4, -0.2) is 59.0 Å². The molecule has 2 nitrogen and oxygen atoms in total. The van der Waals surface area contributed by atoms with E-state index >= 15 is 0 Å². The fraction of sp³-hybridized carbons (Fsp3) is 0.909. The number of hydrogen-bond donors (Lipinski definition) is 2. The minimum absolute atomic E-state index is 1.47. The van der Waals surface area contributed by atoms with Crippen LogP contribution in [0.15, 0.2) is 0 Å². The van der Waals surface area contributed by atoms with Gasteiger partial charge in [0.05, 0.1) is 0 Å². The van der Waals surface area contributed by atoms with Crippen molar-refractivity contribution < 1.29 is 75.0 Å². The van der Waals surface area contributed by atoms with E-state index in [1.165, 1.54) is 0 Å². The maximum atomic E-state index is 13.4. The number of primary amides is 1. The molecule has 0 aliphatic heterocycles. The Morgan fingerprint density at radius 2 is 0.833 bits per heavy atom. The van der Waals surface area contributed by atoms with Crippen LogP contribution in [0.1, 0.15) is 6.42 Å². The van der Waals surface area contributed by atoms with Gasteiger partial charge in [-0.25, -0.2) is 0 Å². The maximum absolute atomic E-state index is 13.4. The second-order valence-electron chi connectivity index (χ2n) is 5.56. The van der Waals surface area contributed by atoms with Crippen molar-refractivity contribution in [3.63, 3.8) is 0 Å². The summed E-state index contributed by atoms with van der Waals surface area (Å²) in [4.78, 5) is 10.1. The highest BCUT2D eigenvalue weighted by molar-refractivity contribution is 7.80. The van der Waals surface area contributed by atoms with Gasteiger partial charge >= 0.3 is 47.4 Å². The SMILES string of the molecule is NC(=O)C(F)(F)C(F)(F)C(F)(F)C(F)(F)C(F)(F)C(F)(F)C(F)(F)C(F)(F)CCS. The molecule has 0 bridgehead atoms. The van der Waals surface area contributed by atoms with Crippen LogP contribution in [-0.2, 0) is 4.79 Å². The molecule has 0 fully saturated rings. The molecule has 0 unspecified atom stereocenters. The monoisotopic (exact) mass is 505 g/mol. The summed E-state index contributed by atoms with van der Waals surface area (Å²) in [7, 11) is 0. The topological polar surface area (TPSA) is 43.1 Å². The van der Waals surface area contributed by atoms with E-state index in [4.69, 9.17) is 0 Å². The molecule has 0 rings (SSSR count). The van der Waals surface area contributed by atoms with E-state index in [0.717, 1.165) is 0 Å². The summed E-state index contributed by atoms with van der Waals surface area (Å²) in [6.07, 6.45) is -2.52. The summed E-state index contributed by atoms with van der Waals surface area (Å²) in [5, 5.41) is 0. The Labute approximate surface area is 160 Å². The molecule has 30 heavy (non-hydrogen) atoms. The zero-order valence-electron chi connectivity index (χ0n) is 13.4. The van der Waals surface area contributed by atoms with E-state index in [1.54, 1.807) is 0 Å². The smallest absolute Gasteiger partial charge is 0.364 e. The first-order valence-corrected chi connectivity index (χ1v) is 7.32. The van der Waals surface area contributed by atoms with Gasteiger partial charge in [-0.2, -0.15) is 82.9 Å². The molecule has 180 valence electrons. The Kier molecular flexibility index (Phi) is 7.07. The lowest BCUT2D eigenvalue weighted by atomic mass is 9.87. The van der Waals surface area contributed by atoms with Crippen LogP contribution in [0, 0.1) is 0 Å². The van der Waals surface area contributed by atoms with Crippen molar-refractivity contribution >= 4 is 18.5 Å². The average Bonchev–Trinajstić information content (AvgIpc) is 2.53. The molecule has 0 aromatic carbocycles. The van der Waals surface area contributed by atoms with Crippen molar-refractivity contribution in [2.75, 3.05) is 5.75 Å². The molecule has 0 aliphatic carbocycles. The molecular formula is C11H7F16NOS. The van der Waals surface area contributed by atoms with Crippen LogP contribution in [0.5, 0.6) is 0 Å². The van der Waals surface area contributed by atoms with Crippen LogP contribution in [0.2, 0.25) is 0 Å². The zero-order chi connectivity index (χ0) is 25.0. The van der Waals surface area contributed by atoms with Crippen molar-refractivity contribution in [3.05, 3.63) is 0 Å². The van der Waals surface area contributed by atoms with Crippen LogP contribution in [0.3, 0.4) is 0 Å². The molecule has 0 aliphatic rings. The fourth-order valence-corrected chi connectivity index (χ4v) is 1.95. The van der Waals surface area contributed by atoms with E-state index < -0.39 is 65.5 Å². The predicted octanol–water partition coefficient (Wildman–Crippen LogP) is 4.87. The number of carbonyl (C=O) groups is 1. The van der Waals surface area contributed by atoms with E-state index in [2.05, 4.69) is 18.4 Å². The highest BCUT2D eigenvalue weighted by Crippen LogP contribution is 2.64. The van der Waals surface area contributed by atoms with Gasteiger partial charge in [0.15, 0.2) is 0 Å². The highest BCUT2D eigenvalue weighted by atomic mass is 32.1. The van der Waals surface area contributed by atoms with Crippen LogP contribution in [0.25, 0.3) is 0 Å². The second-order valence-corrected chi connectivity index (χ2v) is 6.01. The van der Waals surface area contributed by atoms with Crippen molar-refractivity contribution in [1.82, 2.24) is 0 Å². The number of thiol groups is 1. The summed E-state index contributed by atoms with van der Waals surface area (Å²) in [6.45, 7) is 0. The Balaban J connectivity index is 6.78. The lowest BCUT2D eigenvalue weighted by Gasteiger charge is -2.43. The Hall–Kier alpha value is -1.30. The molecule has 0 aromatic rings. The minimum atomic E-state index is -8.56. The number of rotatable bonds is 10. The molecule has 0 radical (unpaired) electrons. The second kappa shape index (κ2) is 7.39. The fourth-order valence-electron chi connectivity index (χ4n) is 1.67. The van der Waals surface area contributed by atoms with Gasteiger partial charge < -0.3 is 5.73 Å². The lowest BCUT2D eigenvalue weighted by Crippen LogP contribution is -2.75. The summed E-state index contributed by atoms with van der Waals surface area (Å²) in [6, 6.07) is 0. The first-order valence-electron chi connectivity index (χ1n) is 6.69. The standard InChI is InChI=1S/C11H7F16NOS/c12-4(13,1-2-30)6(16,17)8(20,21)10(24,25)11(26,27)9(22,23)7(18,19)5(14,15)3(28)29/h30H,1-2H2,(H2,28,29). The van der Waals surface area contributed by atoms with Gasteiger partial charge in [0.25, 0.3) is 5.91 Å². The van der Waals surface area contributed by atoms with Crippen molar-refractivity contribution in [3.8, 4) is 0 Å². The summed E-state index contributed by atoms with van der Waals surface area (Å²) >= 11 is 2.87. The molecule has 0 saturated carbocycles. The summed E-state index contributed by atoms with van der Waals surface area (Å²) in [5.74, 6) is -68.0. The third-order valence-corrected chi connectivity index (χ3v) is 3.78. The van der Waals surface area contributed by atoms with Gasteiger partial charge in [-0.05, 0) is 5.75 Å². The molecule has 0 atom stereocenters. The predicted molar refractivity (Wildman–Crippen MR) is 67.2 cm³/mol. The van der Waals surface area contributed by atoms with Crippen molar-refractivity contribution in [2.45, 2.75) is 53.8 Å². The van der Waals surface area contributed by atoms with E-state index in [0.29, 0.717) is 0 Å². The molecule has 0 aromatic heterocycles. The maximum Gasteiger partial charge on any atom is 0.392 e. The number of nitrogens with two attached hydrogens (primary N) is 1. The number of amides is 1. The molecule has 19 heteroatoms. The molecule has 0 heterocycles. The van der Waals surface area contributed by atoms with Gasteiger partial charge in [-0.1, -0.05) is 0 Å². The molecule has 0 spiro atoms. The largest absolute Gasteiger partial charge is 0.392 e.